The second-order valence-electron chi connectivity index (χ2n) is 1.64. The molecule has 0 aromatic heterocycles. The Hall–Kier alpha value is 1.25. The van der Waals surface area contributed by atoms with Crippen LogP contribution in [-0.4, -0.2) is 11.9 Å². The van der Waals surface area contributed by atoms with Crippen molar-refractivity contribution in [3.63, 3.8) is 0 Å². The Kier molecular flexibility index (Phi) is 2.27. The maximum absolute atomic E-state index is 5.73. The van der Waals surface area contributed by atoms with Crippen LogP contribution in [0.1, 0.15) is 6.92 Å². The maximum Gasteiger partial charge on any atom is 0.207 e. The molecule has 0 saturated carbocycles. The van der Waals surface area contributed by atoms with Crippen molar-refractivity contribution in [1.82, 2.24) is 0 Å². The number of hydrogen-bond acceptors (Lipinski definition) is 3. The Morgan fingerprint density at radius 2 is 2.62 bits per heavy atom. The molecule has 1 aliphatic rings. The second-order valence-corrected chi connectivity index (χ2v) is 10.8. The van der Waals surface area contributed by atoms with E-state index in [2.05, 4.69) is 6.92 Å². The van der Waals surface area contributed by atoms with Crippen molar-refractivity contribution in [2.45, 2.75) is 12.2 Å². The minimum Gasteiger partial charge on any atom is -0.329 e. The molecule has 0 aliphatic carbocycles. The first-order chi connectivity index (χ1) is 3.60. The SMILES string of the molecule is CC1COP(=S)(Cl)S1. The van der Waals surface area contributed by atoms with E-state index in [9.17, 15) is 0 Å². The highest BCUT2D eigenvalue weighted by Crippen LogP contribution is 2.70. The van der Waals surface area contributed by atoms with Crippen molar-refractivity contribution in [2.24, 2.45) is 0 Å². The van der Waals surface area contributed by atoms with Crippen molar-refractivity contribution >= 4 is 39.2 Å². The summed E-state index contributed by atoms with van der Waals surface area (Å²) in [5.74, 6) is 0. The molecule has 0 N–H and O–H groups in total. The highest BCUT2D eigenvalue weighted by Gasteiger charge is 2.26. The molecule has 1 nitrogen and oxygen atoms in total. The lowest BCUT2D eigenvalue weighted by molar-refractivity contribution is 0.381. The Balaban J connectivity index is 2.57. The molecule has 1 saturated heterocycles. The van der Waals surface area contributed by atoms with Crippen LogP contribution in [0.5, 0.6) is 0 Å². The predicted octanol–water partition coefficient (Wildman–Crippen LogP) is 2.60. The molecule has 1 rings (SSSR count). The molecule has 8 heavy (non-hydrogen) atoms. The van der Waals surface area contributed by atoms with Gasteiger partial charge in [0.25, 0.3) is 0 Å². The van der Waals surface area contributed by atoms with Gasteiger partial charge < -0.3 is 4.52 Å². The molecule has 0 aromatic rings. The van der Waals surface area contributed by atoms with Gasteiger partial charge >= 0.3 is 0 Å². The van der Waals surface area contributed by atoms with Crippen molar-refractivity contribution in [1.29, 1.82) is 0 Å². The van der Waals surface area contributed by atoms with E-state index < -0.39 is 4.82 Å². The van der Waals surface area contributed by atoms with Gasteiger partial charge in [0.2, 0.25) is 4.82 Å². The third-order valence-electron chi connectivity index (χ3n) is 0.769. The van der Waals surface area contributed by atoms with E-state index in [-0.39, 0.29) is 0 Å². The van der Waals surface area contributed by atoms with Gasteiger partial charge in [-0.1, -0.05) is 18.3 Å². The summed E-state index contributed by atoms with van der Waals surface area (Å²) in [4.78, 5) is -1.88. The van der Waals surface area contributed by atoms with E-state index in [0.29, 0.717) is 5.25 Å². The average molecular weight is 189 g/mol. The Morgan fingerprint density at radius 3 is 2.75 bits per heavy atom. The van der Waals surface area contributed by atoms with E-state index in [0.717, 1.165) is 6.61 Å². The topological polar surface area (TPSA) is 9.23 Å². The van der Waals surface area contributed by atoms with Gasteiger partial charge in [-0.3, -0.25) is 0 Å². The normalized spacial score (nSPS) is 47.5. The fourth-order valence-corrected chi connectivity index (χ4v) is 6.33. The molecule has 48 valence electrons. The first kappa shape index (κ1) is 7.36. The summed E-state index contributed by atoms with van der Waals surface area (Å²) >= 11 is 12.2. The minimum absolute atomic E-state index is 0.498. The van der Waals surface area contributed by atoms with Crippen LogP contribution in [0.3, 0.4) is 0 Å². The first-order valence-corrected chi connectivity index (χ1v) is 7.34. The van der Waals surface area contributed by atoms with Crippen molar-refractivity contribution in [3.05, 3.63) is 0 Å². The Labute approximate surface area is 62.8 Å². The fraction of sp³-hybridized carbons (Fsp3) is 1.00. The summed E-state index contributed by atoms with van der Waals surface area (Å²) in [7, 11) is 0. The van der Waals surface area contributed by atoms with Gasteiger partial charge in [0.05, 0.1) is 6.61 Å². The lowest BCUT2D eigenvalue weighted by atomic mass is 10.5. The van der Waals surface area contributed by atoms with Crippen molar-refractivity contribution in [2.75, 3.05) is 6.61 Å². The summed E-state index contributed by atoms with van der Waals surface area (Å²) in [5, 5.41) is 0.498. The monoisotopic (exact) mass is 188 g/mol. The third kappa shape index (κ3) is 1.89. The first-order valence-electron chi connectivity index (χ1n) is 2.23. The summed E-state index contributed by atoms with van der Waals surface area (Å²) in [6.07, 6.45) is 0. The zero-order chi connectivity index (χ0) is 6.20. The van der Waals surface area contributed by atoms with Gasteiger partial charge in [0, 0.05) is 5.25 Å². The van der Waals surface area contributed by atoms with Gasteiger partial charge in [-0.2, -0.15) is 0 Å². The number of rotatable bonds is 0. The van der Waals surface area contributed by atoms with Crippen LogP contribution in [0.25, 0.3) is 0 Å². The van der Waals surface area contributed by atoms with Crippen molar-refractivity contribution < 1.29 is 4.52 Å². The standard InChI is InChI=1S/C3H6ClOPS2/c1-3-2-5-6(4,7)8-3/h3H,2H2,1H3. The molecule has 0 bridgehead atoms. The molecular formula is C3H6ClOPS2. The van der Waals surface area contributed by atoms with Gasteiger partial charge in [-0.05, 0) is 23.0 Å². The van der Waals surface area contributed by atoms with E-state index in [1.54, 1.807) is 11.4 Å². The molecule has 2 unspecified atom stereocenters. The fourth-order valence-electron chi connectivity index (χ4n) is 0.470. The zero-order valence-corrected chi connectivity index (χ0v) is 7.62. The van der Waals surface area contributed by atoms with Crippen LogP contribution in [-0.2, 0) is 16.3 Å². The third-order valence-corrected chi connectivity index (χ3v) is 6.23. The predicted molar refractivity (Wildman–Crippen MR) is 43.1 cm³/mol. The van der Waals surface area contributed by atoms with Gasteiger partial charge in [0.15, 0.2) is 0 Å². The molecule has 1 heterocycles. The molecule has 0 spiro atoms. The van der Waals surface area contributed by atoms with Crippen LogP contribution in [0.15, 0.2) is 0 Å². The van der Waals surface area contributed by atoms with E-state index >= 15 is 0 Å². The molecule has 2 atom stereocenters. The van der Waals surface area contributed by atoms with Gasteiger partial charge in [-0.25, -0.2) is 0 Å². The van der Waals surface area contributed by atoms with Crippen LogP contribution in [0, 0.1) is 0 Å². The summed E-state index contributed by atoms with van der Waals surface area (Å²) in [6.45, 7) is 2.80. The Bertz CT molecular complexity index is 139. The molecule has 0 aromatic carbocycles. The average Bonchev–Trinajstić information content (AvgIpc) is 1.82. The van der Waals surface area contributed by atoms with Crippen LogP contribution in [0.4, 0.5) is 0 Å². The number of halogens is 1. The highest BCUT2D eigenvalue weighted by molar-refractivity contribution is 8.77. The maximum atomic E-state index is 5.73. The molecule has 0 amide bonds. The zero-order valence-electron chi connectivity index (χ0n) is 4.33. The summed E-state index contributed by atoms with van der Waals surface area (Å²) < 4.78 is 5.11. The largest absolute Gasteiger partial charge is 0.329 e. The smallest absolute Gasteiger partial charge is 0.207 e. The van der Waals surface area contributed by atoms with Gasteiger partial charge in [-0.15, -0.1) is 0 Å². The number of hydrogen-bond donors (Lipinski definition) is 0. The lowest BCUT2D eigenvalue weighted by Crippen LogP contribution is -1.92. The van der Waals surface area contributed by atoms with Crippen LogP contribution >= 0.6 is 27.4 Å². The van der Waals surface area contributed by atoms with E-state index in [1.165, 1.54) is 0 Å². The quantitative estimate of drug-likeness (QED) is 0.541. The lowest BCUT2D eigenvalue weighted by Gasteiger charge is -1.98. The van der Waals surface area contributed by atoms with Crippen LogP contribution in [0.2, 0.25) is 0 Å². The highest BCUT2D eigenvalue weighted by atomic mass is 35.7. The molecule has 1 aliphatic heterocycles. The molecule has 1 fully saturated rings. The van der Waals surface area contributed by atoms with E-state index in [4.69, 9.17) is 27.6 Å². The minimum atomic E-state index is -1.88. The molecular weight excluding hydrogens is 183 g/mol. The van der Waals surface area contributed by atoms with Crippen LogP contribution < -0.4 is 0 Å². The van der Waals surface area contributed by atoms with Crippen molar-refractivity contribution in [3.8, 4) is 0 Å². The van der Waals surface area contributed by atoms with E-state index in [1.807, 2.05) is 0 Å². The molecule has 0 radical (unpaired) electrons. The van der Waals surface area contributed by atoms with Gasteiger partial charge in [0.1, 0.15) is 0 Å². The second kappa shape index (κ2) is 2.47. The Morgan fingerprint density at radius 1 is 2.00 bits per heavy atom. The summed E-state index contributed by atoms with van der Waals surface area (Å²) in [6, 6.07) is 0. The molecule has 5 heteroatoms. The summed E-state index contributed by atoms with van der Waals surface area (Å²) in [5.41, 5.74) is 0.